The first kappa shape index (κ1) is 9.44. The molecular weight excluding hydrogens is 174 g/mol. The van der Waals surface area contributed by atoms with Crippen molar-refractivity contribution in [2.45, 2.75) is 39.0 Å². The van der Waals surface area contributed by atoms with E-state index in [-0.39, 0.29) is 0 Å². The van der Waals surface area contributed by atoms with Crippen molar-refractivity contribution in [2.24, 2.45) is 0 Å². The van der Waals surface area contributed by atoms with Crippen molar-refractivity contribution in [1.82, 2.24) is 9.97 Å². The van der Waals surface area contributed by atoms with Crippen molar-refractivity contribution in [1.29, 1.82) is 0 Å². The van der Waals surface area contributed by atoms with Gasteiger partial charge in [0.15, 0.2) is 0 Å². The Bertz CT molecular complexity index is 343. The van der Waals surface area contributed by atoms with E-state index in [0.717, 1.165) is 23.8 Å². The van der Waals surface area contributed by atoms with Gasteiger partial charge >= 0.3 is 0 Å². The molecule has 1 aliphatic rings. The van der Waals surface area contributed by atoms with Gasteiger partial charge in [0.25, 0.3) is 0 Å². The van der Waals surface area contributed by atoms with E-state index < -0.39 is 0 Å². The minimum absolute atomic E-state index is 0.631. The number of anilines is 1. The Morgan fingerprint density at radius 2 is 2.07 bits per heavy atom. The standard InChI is InChI=1S/C11H17N3/c1-4-9-7(2)13-10(8-5-6-8)14-11(9)12-3/h8H,4-6H2,1-3H3,(H,12,13,14). The van der Waals surface area contributed by atoms with Gasteiger partial charge in [-0.25, -0.2) is 9.97 Å². The second-order valence-electron chi connectivity index (χ2n) is 3.87. The van der Waals surface area contributed by atoms with E-state index in [9.17, 15) is 0 Å². The Balaban J connectivity index is 2.43. The predicted molar refractivity (Wildman–Crippen MR) is 57.7 cm³/mol. The van der Waals surface area contributed by atoms with E-state index in [1.165, 1.54) is 18.4 Å². The molecule has 1 heterocycles. The van der Waals surface area contributed by atoms with Crippen LogP contribution in [0.15, 0.2) is 0 Å². The molecule has 14 heavy (non-hydrogen) atoms. The summed E-state index contributed by atoms with van der Waals surface area (Å²) in [7, 11) is 1.93. The molecule has 1 aliphatic carbocycles. The number of aromatic nitrogens is 2. The zero-order valence-corrected chi connectivity index (χ0v) is 9.09. The van der Waals surface area contributed by atoms with Gasteiger partial charge in [-0.2, -0.15) is 0 Å². The first-order valence-electron chi connectivity index (χ1n) is 5.31. The molecule has 0 atom stereocenters. The fourth-order valence-corrected chi connectivity index (χ4v) is 1.77. The van der Waals surface area contributed by atoms with Gasteiger partial charge in [-0.3, -0.25) is 0 Å². The lowest BCUT2D eigenvalue weighted by atomic mass is 10.1. The van der Waals surface area contributed by atoms with Gasteiger partial charge in [0, 0.05) is 24.2 Å². The zero-order chi connectivity index (χ0) is 10.1. The highest BCUT2D eigenvalue weighted by atomic mass is 15.0. The molecule has 0 spiro atoms. The van der Waals surface area contributed by atoms with Crippen molar-refractivity contribution in [3.05, 3.63) is 17.1 Å². The summed E-state index contributed by atoms with van der Waals surface area (Å²) >= 11 is 0. The molecule has 1 aromatic rings. The summed E-state index contributed by atoms with van der Waals surface area (Å²) in [6, 6.07) is 0. The highest BCUT2D eigenvalue weighted by Gasteiger charge is 2.27. The highest BCUT2D eigenvalue weighted by Crippen LogP contribution is 2.38. The van der Waals surface area contributed by atoms with Gasteiger partial charge in [-0.05, 0) is 26.2 Å². The summed E-state index contributed by atoms with van der Waals surface area (Å²) in [5, 5.41) is 3.16. The fraction of sp³-hybridized carbons (Fsp3) is 0.636. The van der Waals surface area contributed by atoms with Crippen LogP contribution in [0, 0.1) is 6.92 Å². The normalized spacial score (nSPS) is 15.6. The van der Waals surface area contributed by atoms with E-state index in [2.05, 4.69) is 29.1 Å². The second-order valence-corrected chi connectivity index (χ2v) is 3.87. The number of rotatable bonds is 3. The lowest BCUT2D eigenvalue weighted by Gasteiger charge is -2.10. The lowest BCUT2D eigenvalue weighted by molar-refractivity contribution is 0.880. The summed E-state index contributed by atoms with van der Waals surface area (Å²) < 4.78 is 0. The van der Waals surface area contributed by atoms with Gasteiger partial charge < -0.3 is 5.32 Å². The van der Waals surface area contributed by atoms with Crippen LogP contribution in [0.5, 0.6) is 0 Å². The van der Waals surface area contributed by atoms with E-state index >= 15 is 0 Å². The molecule has 0 saturated heterocycles. The van der Waals surface area contributed by atoms with E-state index in [1.807, 2.05) is 7.05 Å². The number of nitrogens with one attached hydrogen (secondary N) is 1. The molecule has 0 radical (unpaired) electrons. The number of hydrogen-bond acceptors (Lipinski definition) is 3. The van der Waals surface area contributed by atoms with E-state index in [0.29, 0.717) is 5.92 Å². The maximum Gasteiger partial charge on any atom is 0.134 e. The smallest absolute Gasteiger partial charge is 0.134 e. The topological polar surface area (TPSA) is 37.8 Å². The lowest BCUT2D eigenvalue weighted by Crippen LogP contribution is -2.06. The van der Waals surface area contributed by atoms with Crippen LogP contribution in [0.25, 0.3) is 0 Å². The Labute approximate surface area is 85.0 Å². The molecule has 1 fully saturated rings. The number of hydrogen-bond donors (Lipinski definition) is 1. The van der Waals surface area contributed by atoms with E-state index in [4.69, 9.17) is 0 Å². The molecule has 0 aromatic carbocycles. The minimum Gasteiger partial charge on any atom is -0.373 e. The van der Waals surface area contributed by atoms with Crippen LogP contribution in [0.1, 0.15) is 42.8 Å². The molecule has 1 saturated carbocycles. The van der Waals surface area contributed by atoms with Crippen LogP contribution in [-0.2, 0) is 6.42 Å². The summed E-state index contributed by atoms with van der Waals surface area (Å²) in [5.74, 6) is 2.68. The molecule has 76 valence electrons. The molecule has 1 aromatic heterocycles. The summed E-state index contributed by atoms with van der Waals surface area (Å²) in [5.41, 5.74) is 2.38. The number of nitrogens with zero attached hydrogens (tertiary/aromatic N) is 2. The Morgan fingerprint density at radius 3 is 2.57 bits per heavy atom. The first-order valence-corrected chi connectivity index (χ1v) is 5.31. The Kier molecular flexibility index (Phi) is 2.40. The maximum atomic E-state index is 4.56. The summed E-state index contributed by atoms with van der Waals surface area (Å²) in [6.07, 6.45) is 3.51. The van der Waals surface area contributed by atoms with Crippen molar-refractivity contribution < 1.29 is 0 Å². The second kappa shape index (κ2) is 3.56. The van der Waals surface area contributed by atoms with Crippen LogP contribution in [0.4, 0.5) is 5.82 Å². The van der Waals surface area contributed by atoms with Crippen LogP contribution in [0.3, 0.4) is 0 Å². The molecular formula is C11H17N3. The molecule has 3 nitrogen and oxygen atoms in total. The predicted octanol–water partition coefficient (Wildman–Crippen LogP) is 2.27. The molecule has 0 amide bonds. The van der Waals surface area contributed by atoms with Crippen LogP contribution >= 0.6 is 0 Å². The highest BCUT2D eigenvalue weighted by molar-refractivity contribution is 5.46. The average molecular weight is 191 g/mol. The Morgan fingerprint density at radius 1 is 1.36 bits per heavy atom. The van der Waals surface area contributed by atoms with Crippen LogP contribution in [0.2, 0.25) is 0 Å². The molecule has 2 rings (SSSR count). The van der Waals surface area contributed by atoms with Crippen molar-refractivity contribution in [2.75, 3.05) is 12.4 Å². The fourth-order valence-electron chi connectivity index (χ4n) is 1.77. The molecule has 0 bridgehead atoms. The summed E-state index contributed by atoms with van der Waals surface area (Å²) in [6.45, 7) is 4.22. The SMILES string of the molecule is CCc1c(C)nc(C2CC2)nc1NC. The van der Waals surface area contributed by atoms with Crippen molar-refractivity contribution in [3.63, 3.8) is 0 Å². The van der Waals surface area contributed by atoms with Crippen molar-refractivity contribution in [3.8, 4) is 0 Å². The quantitative estimate of drug-likeness (QED) is 0.796. The van der Waals surface area contributed by atoms with Crippen LogP contribution < -0.4 is 5.32 Å². The third-order valence-corrected chi connectivity index (χ3v) is 2.76. The van der Waals surface area contributed by atoms with Gasteiger partial charge in [0.2, 0.25) is 0 Å². The van der Waals surface area contributed by atoms with Crippen molar-refractivity contribution >= 4 is 5.82 Å². The number of aryl methyl sites for hydroxylation is 1. The summed E-state index contributed by atoms with van der Waals surface area (Å²) in [4.78, 5) is 9.13. The third kappa shape index (κ3) is 1.59. The molecule has 0 unspecified atom stereocenters. The van der Waals surface area contributed by atoms with Gasteiger partial charge in [0.05, 0.1) is 0 Å². The van der Waals surface area contributed by atoms with E-state index in [1.54, 1.807) is 0 Å². The average Bonchev–Trinajstić information content (AvgIpc) is 2.99. The van der Waals surface area contributed by atoms with Gasteiger partial charge in [-0.1, -0.05) is 6.92 Å². The first-order chi connectivity index (χ1) is 6.76. The Hall–Kier alpha value is -1.12. The van der Waals surface area contributed by atoms with Gasteiger partial charge in [-0.15, -0.1) is 0 Å². The van der Waals surface area contributed by atoms with Crippen LogP contribution in [-0.4, -0.2) is 17.0 Å². The maximum absolute atomic E-state index is 4.56. The van der Waals surface area contributed by atoms with Gasteiger partial charge in [0.1, 0.15) is 11.6 Å². The monoisotopic (exact) mass is 191 g/mol. The molecule has 0 aliphatic heterocycles. The molecule has 3 heteroatoms. The minimum atomic E-state index is 0.631. The zero-order valence-electron chi connectivity index (χ0n) is 9.09. The molecule has 1 N–H and O–H groups in total. The largest absolute Gasteiger partial charge is 0.373 e. The third-order valence-electron chi connectivity index (χ3n) is 2.76.